The Morgan fingerprint density at radius 2 is 1.62 bits per heavy atom. The van der Waals surface area contributed by atoms with Crippen molar-refractivity contribution in [2.24, 2.45) is 5.92 Å². The van der Waals surface area contributed by atoms with Gasteiger partial charge in [-0.3, -0.25) is 4.79 Å². The summed E-state index contributed by atoms with van der Waals surface area (Å²) < 4.78 is 16.4. The van der Waals surface area contributed by atoms with Gasteiger partial charge in [-0.2, -0.15) is 0 Å². The zero-order valence-electron chi connectivity index (χ0n) is 18.0. The summed E-state index contributed by atoms with van der Waals surface area (Å²) in [5, 5.41) is 0. The molecule has 1 aliphatic rings. The highest BCUT2D eigenvalue weighted by Gasteiger charge is 2.35. The molecule has 156 valence electrons. The van der Waals surface area contributed by atoms with E-state index < -0.39 is 0 Å². The van der Waals surface area contributed by atoms with Crippen LogP contribution >= 0.6 is 0 Å². The Bertz CT molecular complexity index is 843. The highest BCUT2D eigenvalue weighted by atomic mass is 16.5. The van der Waals surface area contributed by atoms with Crippen molar-refractivity contribution in [2.75, 3.05) is 27.9 Å². The molecular formula is C24H31NO4. The quantitative estimate of drug-likeness (QED) is 0.684. The zero-order valence-corrected chi connectivity index (χ0v) is 18.0. The average molecular weight is 398 g/mol. The van der Waals surface area contributed by atoms with Crippen molar-refractivity contribution in [2.45, 2.75) is 39.2 Å². The van der Waals surface area contributed by atoms with Crippen LogP contribution in [0.1, 0.15) is 49.4 Å². The number of carbonyl (C=O) groups is 1. The highest BCUT2D eigenvalue weighted by molar-refractivity contribution is 5.80. The number of benzene rings is 2. The lowest BCUT2D eigenvalue weighted by Crippen LogP contribution is -2.43. The second kappa shape index (κ2) is 9.21. The van der Waals surface area contributed by atoms with Crippen LogP contribution in [0, 0.1) is 5.92 Å². The highest BCUT2D eigenvalue weighted by Crippen LogP contribution is 2.42. The molecule has 1 heterocycles. The maximum atomic E-state index is 13.4. The van der Waals surface area contributed by atoms with Crippen LogP contribution in [-0.4, -0.2) is 38.7 Å². The number of rotatable bonds is 7. The van der Waals surface area contributed by atoms with Gasteiger partial charge < -0.3 is 19.1 Å². The summed E-state index contributed by atoms with van der Waals surface area (Å²) in [6, 6.07) is 11.9. The number of fused-ring (bicyclic) bond motifs is 1. The summed E-state index contributed by atoms with van der Waals surface area (Å²) in [5.74, 6) is 2.46. The fraction of sp³-hybridized carbons (Fsp3) is 0.458. The zero-order chi connectivity index (χ0) is 21.0. The smallest absolute Gasteiger partial charge is 0.226 e. The fourth-order valence-electron chi connectivity index (χ4n) is 4.20. The Balaban J connectivity index is 2.13. The van der Waals surface area contributed by atoms with Crippen LogP contribution in [0.2, 0.25) is 0 Å². The lowest BCUT2D eigenvalue weighted by Gasteiger charge is -2.39. The molecule has 29 heavy (non-hydrogen) atoms. The Hall–Kier alpha value is -2.69. The molecule has 1 amide bonds. The van der Waals surface area contributed by atoms with E-state index in [2.05, 4.69) is 13.8 Å². The van der Waals surface area contributed by atoms with Crippen LogP contribution in [0.3, 0.4) is 0 Å². The van der Waals surface area contributed by atoms with Gasteiger partial charge in [0.25, 0.3) is 0 Å². The van der Waals surface area contributed by atoms with Crippen molar-refractivity contribution >= 4 is 5.91 Å². The Labute approximate surface area is 173 Å². The molecule has 2 aromatic carbocycles. The third-order valence-electron chi connectivity index (χ3n) is 5.92. The Morgan fingerprint density at radius 3 is 2.17 bits per heavy atom. The molecule has 0 saturated heterocycles. The first kappa shape index (κ1) is 21.0. The van der Waals surface area contributed by atoms with Crippen LogP contribution in [0.25, 0.3) is 0 Å². The minimum absolute atomic E-state index is 0.0393. The van der Waals surface area contributed by atoms with E-state index in [1.165, 1.54) is 5.56 Å². The van der Waals surface area contributed by atoms with E-state index in [4.69, 9.17) is 14.2 Å². The normalized spacial score (nSPS) is 15.8. The molecule has 0 N–H and O–H groups in total. The van der Waals surface area contributed by atoms with E-state index in [1.807, 2.05) is 41.3 Å². The van der Waals surface area contributed by atoms with Gasteiger partial charge in [-0.25, -0.2) is 0 Å². The Morgan fingerprint density at radius 1 is 1.00 bits per heavy atom. The van der Waals surface area contributed by atoms with E-state index in [1.54, 1.807) is 21.3 Å². The van der Waals surface area contributed by atoms with Crippen molar-refractivity contribution in [3.8, 4) is 17.2 Å². The summed E-state index contributed by atoms with van der Waals surface area (Å²) in [6.45, 7) is 4.86. The van der Waals surface area contributed by atoms with Gasteiger partial charge in [0.1, 0.15) is 5.75 Å². The molecule has 0 radical (unpaired) electrons. The van der Waals surface area contributed by atoms with E-state index in [-0.39, 0.29) is 17.9 Å². The van der Waals surface area contributed by atoms with Gasteiger partial charge in [-0.05, 0) is 60.2 Å². The minimum atomic E-state index is -0.155. The number of carbonyl (C=O) groups excluding carboxylic acids is 1. The first-order valence-corrected chi connectivity index (χ1v) is 10.3. The molecule has 1 unspecified atom stereocenters. The molecule has 0 aromatic heterocycles. The number of nitrogens with zero attached hydrogens (tertiary/aromatic N) is 1. The number of hydrogen-bond donors (Lipinski definition) is 0. The van der Waals surface area contributed by atoms with E-state index in [0.717, 1.165) is 41.9 Å². The number of methoxy groups -OCH3 is 3. The third kappa shape index (κ3) is 4.04. The van der Waals surface area contributed by atoms with Gasteiger partial charge in [0.15, 0.2) is 11.5 Å². The largest absolute Gasteiger partial charge is 0.497 e. The molecule has 0 saturated carbocycles. The maximum absolute atomic E-state index is 13.4. The molecule has 0 bridgehead atoms. The lowest BCUT2D eigenvalue weighted by molar-refractivity contribution is -0.137. The van der Waals surface area contributed by atoms with Crippen molar-refractivity contribution in [3.05, 3.63) is 53.1 Å². The van der Waals surface area contributed by atoms with Crippen molar-refractivity contribution < 1.29 is 19.0 Å². The Kier molecular flexibility index (Phi) is 6.68. The molecule has 0 spiro atoms. The van der Waals surface area contributed by atoms with Gasteiger partial charge in [-0.1, -0.05) is 26.0 Å². The van der Waals surface area contributed by atoms with Crippen molar-refractivity contribution in [3.63, 3.8) is 0 Å². The second-order valence-corrected chi connectivity index (χ2v) is 7.38. The van der Waals surface area contributed by atoms with E-state index in [9.17, 15) is 4.79 Å². The van der Waals surface area contributed by atoms with Gasteiger partial charge in [0.05, 0.1) is 27.4 Å². The van der Waals surface area contributed by atoms with Gasteiger partial charge in [0, 0.05) is 12.5 Å². The fourth-order valence-corrected chi connectivity index (χ4v) is 4.20. The first-order chi connectivity index (χ1) is 14.1. The molecule has 0 fully saturated rings. The first-order valence-electron chi connectivity index (χ1n) is 10.3. The van der Waals surface area contributed by atoms with Crippen LogP contribution in [-0.2, 0) is 11.2 Å². The second-order valence-electron chi connectivity index (χ2n) is 7.38. The average Bonchev–Trinajstić information content (AvgIpc) is 2.78. The van der Waals surface area contributed by atoms with E-state index >= 15 is 0 Å². The topological polar surface area (TPSA) is 48.0 Å². The molecule has 1 aliphatic heterocycles. The molecule has 0 aliphatic carbocycles. The summed E-state index contributed by atoms with van der Waals surface area (Å²) >= 11 is 0. The van der Waals surface area contributed by atoms with Gasteiger partial charge in [0.2, 0.25) is 5.91 Å². The molecular weight excluding hydrogens is 366 g/mol. The SMILES string of the molecule is CCC(CC)C(=O)N1CCc2cc(OC)c(OC)cc2C1c1ccc(OC)cc1. The summed E-state index contributed by atoms with van der Waals surface area (Å²) in [7, 11) is 4.95. The molecule has 2 aromatic rings. The van der Waals surface area contributed by atoms with Crippen molar-refractivity contribution in [1.82, 2.24) is 4.90 Å². The monoisotopic (exact) mass is 397 g/mol. The lowest BCUT2D eigenvalue weighted by atomic mass is 9.86. The van der Waals surface area contributed by atoms with Gasteiger partial charge in [-0.15, -0.1) is 0 Å². The standard InChI is InChI=1S/C24H31NO4/c1-6-16(7-2)24(26)25-13-12-18-14-21(28-4)22(29-5)15-20(18)23(25)17-8-10-19(27-3)11-9-17/h8-11,14-16,23H,6-7,12-13H2,1-5H3. The summed E-state index contributed by atoms with van der Waals surface area (Å²) in [4.78, 5) is 15.4. The summed E-state index contributed by atoms with van der Waals surface area (Å²) in [5.41, 5.74) is 3.36. The van der Waals surface area contributed by atoms with Gasteiger partial charge >= 0.3 is 0 Å². The minimum Gasteiger partial charge on any atom is -0.497 e. The number of amides is 1. The van der Waals surface area contributed by atoms with Crippen LogP contribution < -0.4 is 14.2 Å². The summed E-state index contributed by atoms with van der Waals surface area (Å²) in [6.07, 6.45) is 2.49. The number of ether oxygens (including phenoxy) is 3. The van der Waals surface area contributed by atoms with Crippen LogP contribution in [0.4, 0.5) is 0 Å². The number of hydrogen-bond acceptors (Lipinski definition) is 4. The molecule has 3 rings (SSSR count). The third-order valence-corrected chi connectivity index (χ3v) is 5.92. The molecule has 5 nitrogen and oxygen atoms in total. The predicted molar refractivity (Wildman–Crippen MR) is 114 cm³/mol. The van der Waals surface area contributed by atoms with Crippen molar-refractivity contribution in [1.29, 1.82) is 0 Å². The van der Waals surface area contributed by atoms with Crippen LogP contribution in [0.15, 0.2) is 36.4 Å². The van der Waals surface area contributed by atoms with Crippen LogP contribution in [0.5, 0.6) is 17.2 Å². The molecule has 5 heteroatoms. The molecule has 1 atom stereocenters. The maximum Gasteiger partial charge on any atom is 0.226 e. The van der Waals surface area contributed by atoms with E-state index in [0.29, 0.717) is 12.3 Å². The predicted octanol–water partition coefficient (Wildman–Crippen LogP) is 4.62.